The summed E-state index contributed by atoms with van der Waals surface area (Å²) in [5.41, 5.74) is 1.70. The Morgan fingerprint density at radius 2 is 1.66 bits per heavy atom. The number of ether oxygens (including phenoxy) is 1. The summed E-state index contributed by atoms with van der Waals surface area (Å²) in [5, 5.41) is 3.32. The molecular weight excluding hydrogens is 485 g/mol. The zero-order chi connectivity index (χ0) is 20.5. The Hall–Kier alpha value is -2.04. The number of halogens is 1. The molecule has 2 amide bonds. The summed E-state index contributed by atoms with van der Waals surface area (Å²) in [4.78, 5) is 34.0. The molecule has 29 heavy (non-hydrogen) atoms. The van der Waals surface area contributed by atoms with Gasteiger partial charge in [0, 0.05) is 52.4 Å². The van der Waals surface area contributed by atoms with Crippen molar-refractivity contribution in [2.45, 2.75) is 20.4 Å². The number of benzene rings is 1. The molecule has 1 aromatic carbocycles. The number of guanidine groups is 1. The highest BCUT2D eigenvalue weighted by Crippen LogP contribution is 2.09. The number of amides is 2. The van der Waals surface area contributed by atoms with Crippen LogP contribution in [0.4, 0.5) is 4.79 Å². The molecule has 162 valence electrons. The molecule has 1 aliphatic rings. The van der Waals surface area contributed by atoms with Crippen molar-refractivity contribution in [3.8, 4) is 0 Å². The Balaban J connectivity index is 0.00000420. The number of hydrogen-bond donors (Lipinski definition) is 1. The van der Waals surface area contributed by atoms with E-state index in [4.69, 9.17) is 9.73 Å². The van der Waals surface area contributed by atoms with E-state index in [-0.39, 0.29) is 36.0 Å². The molecule has 9 heteroatoms. The lowest BCUT2D eigenvalue weighted by atomic mass is 10.1. The van der Waals surface area contributed by atoms with E-state index < -0.39 is 0 Å². The second-order valence-corrected chi connectivity index (χ2v) is 6.74. The van der Waals surface area contributed by atoms with Crippen molar-refractivity contribution >= 4 is 41.9 Å². The summed E-state index contributed by atoms with van der Waals surface area (Å²) in [5.74, 6) is 0.822. The Kier molecular flexibility index (Phi) is 10.8. The fourth-order valence-corrected chi connectivity index (χ4v) is 2.92. The largest absolute Gasteiger partial charge is 0.450 e. The van der Waals surface area contributed by atoms with Gasteiger partial charge in [0.2, 0.25) is 0 Å². The minimum atomic E-state index is -0.253. The molecule has 0 saturated carbocycles. The standard InChI is InChI=1S/C20H31N5O3.HI/c1-5-21-19(24-11-13-25(14-12-24)20(27)28-6-2)22-15-16-7-9-17(10-8-16)18(26)23(3)4;/h7-10H,5-6,11-15H2,1-4H3,(H,21,22);1H. The molecular formula is C20H32IN5O3. The Bertz CT molecular complexity index is 686. The van der Waals surface area contributed by atoms with Crippen LogP contribution in [-0.2, 0) is 11.3 Å². The first-order valence-corrected chi connectivity index (χ1v) is 9.71. The van der Waals surface area contributed by atoms with Gasteiger partial charge < -0.3 is 24.8 Å². The topological polar surface area (TPSA) is 77.5 Å². The molecule has 1 saturated heterocycles. The molecule has 0 atom stereocenters. The second-order valence-electron chi connectivity index (χ2n) is 6.74. The molecule has 0 bridgehead atoms. The lowest BCUT2D eigenvalue weighted by Crippen LogP contribution is -2.53. The summed E-state index contributed by atoms with van der Waals surface area (Å²) >= 11 is 0. The molecule has 0 aromatic heterocycles. The Morgan fingerprint density at radius 3 is 2.17 bits per heavy atom. The molecule has 1 N–H and O–H groups in total. The van der Waals surface area contributed by atoms with Crippen molar-refractivity contribution in [3.05, 3.63) is 35.4 Å². The van der Waals surface area contributed by atoms with Crippen molar-refractivity contribution in [1.82, 2.24) is 20.0 Å². The van der Waals surface area contributed by atoms with Gasteiger partial charge in [-0.3, -0.25) is 4.79 Å². The number of hydrogen-bond acceptors (Lipinski definition) is 4. The molecule has 0 spiro atoms. The first-order chi connectivity index (χ1) is 13.5. The maximum absolute atomic E-state index is 12.0. The highest BCUT2D eigenvalue weighted by atomic mass is 127. The van der Waals surface area contributed by atoms with E-state index in [1.165, 1.54) is 0 Å². The predicted molar refractivity (Wildman–Crippen MR) is 125 cm³/mol. The van der Waals surface area contributed by atoms with Crippen LogP contribution < -0.4 is 5.32 Å². The monoisotopic (exact) mass is 517 g/mol. The highest BCUT2D eigenvalue weighted by molar-refractivity contribution is 14.0. The van der Waals surface area contributed by atoms with Gasteiger partial charge in [-0.25, -0.2) is 9.79 Å². The summed E-state index contributed by atoms with van der Waals surface area (Å²) in [6.45, 7) is 8.18. The highest BCUT2D eigenvalue weighted by Gasteiger charge is 2.23. The van der Waals surface area contributed by atoms with Crippen molar-refractivity contribution < 1.29 is 14.3 Å². The van der Waals surface area contributed by atoms with Crippen LogP contribution >= 0.6 is 24.0 Å². The van der Waals surface area contributed by atoms with E-state index in [1.807, 2.05) is 38.1 Å². The maximum atomic E-state index is 12.0. The molecule has 1 aliphatic heterocycles. The molecule has 8 nitrogen and oxygen atoms in total. The van der Waals surface area contributed by atoms with Gasteiger partial charge in [0.15, 0.2) is 5.96 Å². The smallest absolute Gasteiger partial charge is 0.409 e. The van der Waals surface area contributed by atoms with E-state index in [0.717, 1.165) is 18.1 Å². The minimum absolute atomic E-state index is 0. The van der Waals surface area contributed by atoms with Gasteiger partial charge >= 0.3 is 6.09 Å². The van der Waals surface area contributed by atoms with Crippen LogP contribution in [-0.4, -0.2) is 86.1 Å². The number of aliphatic imine (C=N–C) groups is 1. The quantitative estimate of drug-likeness (QED) is 0.369. The average molecular weight is 517 g/mol. The molecule has 0 radical (unpaired) electrons. The number of rotatable bonds is 5. The van der Waals surface area contributed by atoms with Crippen LogP contribution in [0.25, 0.3) is 0 Å². The summed E-state index contributed by atoms with van der Waals surface area (Å²) in [6, 6.07) is 7.53. The van der Waals surface area contributed by atoms with Crippen LogP contribution in [0.5, 0.6) is 0 Å². The predicted octanol–water partition coefficient (Wildman–Crippen LogP) is 2.25. The normalized spacial score (nSPS) is 14.1. The van der Waals surface area contributed by atoms with Gasteiger partial charge in [0.25, 0.3) is 5.91 Å². The Morgan fingerprint density at radius 1 is 1.07 bits per heavy atom. The third kappa shape index (κ3) is 7.37. The summed E-state index contributed by atoms with van der Waals surface area (Å²) in [6.07, 6.45) is -0.253. The third-order valence-corrected chi connectivity index (χ3v) is 4.46. The van der Waals surface area contributed by atoms with Crippen molar-refractivity contribution in [2.75, 3.05) is 53.4 Å². The maximum Gasteiger partial charge on any atom is 0.409 e. The van der Waals surface area contributed by atoms with E-state index in [0.29, 0.717) is 44.9 Å². The lowest BCUT2D eigenvalue weighted by Gasteiger charge is -2.35. The van der Waals surface area contributed by atoms with E-state index in [1.54, 1.807) is 23.9 Å². The first kappa shape index (κ1) is 25.0. The van der Waals surface area contributed by atoms with Gasteiger partial charge in [-0.15, -0.1) is 24.0 Å². The second kappa shape index (κ2) is 12.5. The van der Waals surface area contributed by atoms with E-state index in [2.05, 4.69) is 10.2 Å². The first-order valence-electron chi connectivity index (χ1n) is 9.71. The van der Waals surface area contributed by atoms with Crippen LogP contribution in [0.15, 0.2) is 29.3 Å². The van der Waals surface area contributed by atoms with Gasteiger partial charge in [-0.2, -0.15) is 0 Å². The van der Waals surface area contributed by atoms with Gasteiger partial charge in [-0.05, 0) is 31.5 Å². The van der Waals surface area contributed by atoms with Crippen LogP contribution in [0.3, 0.4) is 0 Å². The number of carbonyl (C=O) groups is 2. The minimum Gasteiger partial charge on any atom is -0.450 e. The van der Waals surface area contributed by atoms with Crippen molar-refractivity contribution in [1.29, 1.82) is 0 Å². The van der Waals surface area contributed by atoms with Crippen molar-refractivity contribution in [2.24, 2.45) is 4.99 Å². The van der Waals surface area contributed by atoms with Gasteiger partial charge in [-0.1, -0.05) is 12.1 Å². The average Bonchev–Trinajstić information content (AvgIpc) is 2.71. The Labute approximate surface area is 190 Å². The third-order valence-electron chi connectivity index (χ3n) is 4.46. The van der Waals surface area contributed by atoms with Crippen molar-refractivity contribution in [3.63, 3.8) is 0 Å². The van der Waals surface area contributed by atoms with Gasteiger partial charge in [0.05, 0.1) is 13.2 Å². The molecule has 1 heterocycles. The number of nitrogens with one attached hydrogen (secondary N) is 1. The molecule has 0 aliphatic carbocycles. The molecule has 1 fully saturated rings. The summed E-state index contributed by atoms with van der Waals surface area (Å²) < 4.78 is 5.07. The number of nitrogens with zero attached hydrogens (tertiary/aromatic N) is 4. The lowest BCUT2D eigenvalue weighted by molar-refractivity contribution is 0.0827. The molecule has 1 aromatic rings. The van der Waals surface area contributed by atoms with Crippen LogP contribution in [0, 0.1) is 0 Å². The zero-order valence-corrected chi connectivity index (χ0v) is 20.0. The van der Waals surface area contributed by atoms with Gasteiger partial charge in [0.1, 0.15) is 0 Å². The number of piperazine rings is 1. The van der Waals surface area contributed by atoms with E-state index >= 15 is 0 Å². The fourth-order valence-electron chi connectivity index (χ4n) is 2.92. The number of carbonyl (C=O) groups excluding carboxylic acids is 2. The SMILES string of the molecule is CCNC(=NCc1ccc(C(=O)N(C)C)cc1)N1CCN(C(=O)OCC)CC1.I. The molecule has 2 rings (SSSR count). The van der Waals surface area contributed by atoms with Crippen LogP contribution in [0.2, 0.25) is 0 Å². The zero-order valence-electron chi connectivity index (χ0n) is 17.7. The van der Waals surface area contributed by atoms with Crippen LogP contribution in [0.1, 0.15) is 29.8 Å². The fraction of sp³-hybridized carbons (Fsp3) is 0.550. The summed E-state index contributed by atoms with van der Waals surface area (Å²) in [7, 11) is 3.48. The van der Waals surface area contributed by atoms with E-state index in [9.17, 15) is 9.59 Å². The molecule has 0 unspecified atom stereocenters.